The van der Waals surface area contributed by atoms with Crippen LogP contribution in [0.3, 0.4) is 0 Å². The molecular formula is C19H20ClN3O4. The molecule has 0 saturated heterocycles. The number of halogens is 1. The molecule has 3 amide bonds. The van der Waals surface area contributed by atoms with Crippen LogP contribution in [0.2, 0.25) is 5.02 Å². The summed E-state index contributed by atoms with van der Waals surface area (Å²) in [6, 6.07) is 12.4. The Labute approximate surface area is 161 Å². The molecule has 7 nitrogen and oxygen atoms in total. The molecule has 4 N–H and O–H groups in total. The maximum absolute atomic E-state index is 12.1. The summed E-state index contributed by atoms with van der Waals surface area (Å²) in [6.07, 6.45) is -0.178. The maximum Gasteiger partial charge on any atom is 0.312 e. The van der Waals surface area contributed by atoms with Crippen molar-refractivity contribution in [2.24, 2.45) is 5.73 Å². The van der Waals surface area contributed by atoms with Crippen molar-refractivity contribution in [1.29, 1.82) is 0 Å². The van der Waals surface area contributed by atoms with Gasteiger partial charge in [-0.1, -0.05) is 41.9 Å². The number of nitrogens with two attached hydrogens (primary N) is 1. The molecule has 0 radical (unpaired) electrons. The lowest BCUT2D eigenvalue weighted by Crippen LogP contribution is -2.35. The normalized spacial score (nSPS) is 11.3. The smallest absolute Gasteiger partial charge is 0.312 e. The van der Waals surface area contributed by atoms with Crippen molar-refractivity contribution in [3.8, 4) is 0 Å². The van der Waals surface area contributed by atoms with E-state index in [1.165, 1.54) is 0 Å². The Morgan fingerprint density at radius 1 is 1.11 bits per heavy atom. The molecule has 0 aliphatic rings. The molecule has 8 heteroatoms. The summed E-state index contributed by atoms with van der Waals surface area (Å²) in [5.74, 6) is -1.10. The number of nitrogens with one attached hydrogen (secondary N) is 2. The molecule has 0 fully saturated rings. The molecule has 0 aliphatic carbocycles. The third kappa shape index (κ3) is 6.63. The van der Waals surface area contributed by atoms with Crippen molar-refractivity contribution in [1.82, 2.24) is 5.32 Å². The molecule has 2 aromatic rings. The number of hydrogen-bond acceptors (Lipinski definition) is 4. The summed E-state index contributed by atoms with van der Waals surface area (Å²) in [5, 5.41) is 5.66. The Balaban J connectivity index is 1.91. The summed E-state index contributed by atoms with van der Waals surface area (Å²) in [5.41, 5.74) is 7.35. The Kier molecular flexibility index (Phi) is 7.19. The number of aryl methyl sites for hydroxylation is 1. The van der Waals surface area contributed by atoms with E-state index in [0.29, 0.717) is 16.3 Å². The van der Waals surface area contributed by atoms with Gasteiger partial charge in [-0.15, -0.1) is 0 Å². The molecule has 0 aliphatic heterocycles. The molecule has 0 bridgehead atoms. The fourth-order valence-corrected chi connectivity index (χ4v) is 2.52. The van der Waals surface area contributed by atoms with E-state index in [9.17, 15) is 14.4 Å². The molecule has 0 heterocycles. The first kappa shape index (κ1) is 20.3. The fraction of sp³-hybridized carbons (Fsp3) is 0.211. The molecule has 0 spiro atoms. The first-order valence-corrected chi connectivity index (χ1v) is 8.55. The van der Waals surface area contributed by atoms with Gasteiger partial charge < -0.3 is 21.1 Å². The highest BCUT2D eigenvalue weighted by atomic mass is 35.5. The summed E-state index contributed by atoms with van der Waals surface area (Å²) >= 11 is 5.84. The molecule has 2 rings (SSSR count). The number of benzene rings is 2. The zero-order chi connectivity index (χ0) is 19.8. The van der Waals surface area contributed by atoms with E-state index in [1.807, 2.05) is 19.1 Å². The van der Waals surface area contributed by atoms with Crippen LogP contribution in [-0.4, -0.2) is 24.5 Å². The molecule has 2 aromatic carbocycles. The van der Waals surface area contributed by atoms with E-state index >= 15 is 0 Å². The molecule has 27 heavy (non-hydrogen) atoms. The minimum Gasteiger partial charge on any atom is -0.455 e. The van der Waals surface area contributed by atoms with Gasteiger partial charge in [0, 0.05) is 10.7 Å². The van der Waals surface area contributed by atoms with E-state index in [2.05, 4.69) is 10.6 Å². The summed E-state index contributed by atoms with van der Waals surface area (Å²) in [6.45, 7) is 1.42. The second-order valence-corrected chi connectivity index (χ2v) is 6.28. The van der Waals surface area contributed by atoms with Crippen LogP contribution in [-0.2, 0) is 14.3 Å². The van der Waals surface area contributed by atoms with Crippen LogP contribution in [0.15, 0.2) is 48.5 Å². The molecule has 0 saturated carbocycles. The van der Waals surface area contributed by atoms with E-state index in [1.54, 1.807) is 36.4 Å². The van der Waals surface area contributed by atoms with E-state index in [0.717, 1.165) is 5.56 Å². The topological polar surface area (TPSA) is 111 Å². The van der Waals surface area contributed by atoms with Crippen molar-refractivity contribution < 1.29 is 19.1 Å². The van der Waals surface area contributed by atoms with Crippen molar-refractivity contribution in [2.75, 3.05) is 11.9 Å². The Hall–Kier alpha value is -3.06. The Morgan fingerprint density at radius 2 is 1.78 bits per heavy atom. The monoisotopic (exact) mass is 389 g/mol. The second kappa shape index (κ2) is 9.59. The maximum atomic E-state index is 12.1. The molecule has 1 atom stereocenters. The summed E-state index contributed by atoms with van der Waals surface area (Å²) < 4.78 is 5.00. The number of hydrogen-bond donors (Lipinski definition) is 3. The quantitative estimate of drug-likeness (QED) is 0.632. The third-order valence-electron chi connectivity index (χ3n) is 3.74. The zero-order valence-electron chi connectivity index (χ0n) is 14.7. The van der Waals surface area contributed by atoms with Gasteiger partial charge in [-0.3, -0.25) is 9.59 Å². The lowest BCUT2D eigenvalue weighted by Gasteiger charge is -2.17. The average molecular weight is 390 g/mol. The van der Waals surface area contributed by atoms with E-state index < -0.39 is 30.6 Å². The van der Waals surface area contributed by atoms with Crippen LogP contribution in [0.25, 0.3) is 0 Å². The average Bonchev–Trinajstić information content (AvgIpc) is 2.62. The fourth-order valence-electron chi connectivity index (χ4n) is 2.39. The van der Waals surface area contributed by atoms with Gasteiger partial charge in [-0.25, -0.2) is 4.79 Å². The number of rotatable bonds is 7. The molecule has 0 aromatic heterocycles. The highest BCUT2D eigenvalue weighted by molar-refractivity contribution is 6.30. The number of carbonyl (C=O) groups is 3. The van der Waals surface area contributed by atoms with E-state index in [-0.39, 0.29) is 6.42 Å². The van der Waals surface area contributed by atoms with Crippen molar-refractivity contribution >= 4 is 35.2 Å². The Bertz CT molecular complexity index is 824. The highest BCUT2D eigenvalue weighted by Crippen LogP contribution is 2.20. The van der Waals surface area contributed by atoms with Gasteiger partial charge in [0.05, 0.1) is 12.5 Å². The van der Waals surface area contributed by atoms with Crippen molar-refractivity contribution in [3.63, 3.8) is 0 Å². The third-order valence-corrected chi connectivity index (χ3v) is 4.00. The second-order valence-electron chi connectivity index (χ2n) is 5.84. The van der Waals surface area contributed by atoms with Gasteiger partial charge in [-0.2, -0.15) is 0 Å². The van der Waals surface area contributed by atoms with Crippen LogP contribution in [0.4, 0.5) is 10.5 Å². The number of amides is 3. The zero-order valence-corrected chi connectivity index (χ0v) is 15.5. The number of primary amides is 1. The van der Waals surface area contributed by atoms with Gasteiger partial charge in [0.25, 0.3) is 5.91 Å². The SMILES string of the molecule is Cc1ccccc1NC(=O)COC(=O)C[C@H](NC(N)=O)c1ccc(Cl)cc1. The number of carbonyl (C=O) groups excluding carboxylic acids is 3. The first-order valence-electron chi connectivity index (χ1n) is 8.17. The first-order chi connectivity index (χ1) is 12.8. The van der Waals surface area contributed by atoms with Crippen LogP contribution in [0.1, 0.15) is 23.6 Å². The molecule has 0 unspecified atom stereocenters. The standard InChI is InChI=1S/C19H20ClN3O4/c1-12-4-2-3-5-15(12)22-17(24)11-27-18(25)10-16(23-19(21)26)13-6-8-14(20)9-7-13/h2-9,16H,10-11H2,1H3,(H,22,24)(H3,21,23,26)/t16-/m0/s1. The van der Waals surface area contributed by atoms with Gasteiger partial charge >= 0.3 is 12.0 Å². The predicted octanol–water partition coefficient (Wildman–Crippen LogP) is 2.93. The van der Waals surface area contributed by atoms with Gasteiger partial charge in [0.15, 0.2) is 6.61 Å². The van der Waals surface area contributed by atoms with Crippen molar-refractivity contribution in [2.45, 2.75) is 19.4 Å². The number of esters is 1. The number of para-hydroxylation sites is 1. The molecular weight excluding hydrogens is 370 g/mol. The predicted molar refractivity (Wildman–Crippen MR) is 102 cm³/mol. The highest BCUT2D eigenvalue weighted by Gasteiger charge is 2.19. The van der Waals surface area contributed by atoms with Crippen LogP contribution >= 0.6 is 11.6 Å². The summed E-state index contributed by atoms with van der Waals surface area (Å²) in [7, 11) is 0. The minimum absolute atomic E-state index is 0.178. The number of ether oxygens (including phenoxy) is 1. The minimum atomic E-state index is -0.778. The van der Waals surface area contributed by atoms with Gasteiger partial charge in [0.1, 0.15) is 0 Å². The van der Waals surface area contributed by atoms with Crippen LogP contribution in [0, 0.1) is 6.92 Å². The van der Waals surface area contributed by atoms with Crippen LogP contribution in [0.5, 0.6) is 0 Å². The lowest BCUT2D eigenvalue weighted by molar-refractivity contribution is -0.147. The van der Waals surface area contributed by atoms with Gasteiger partial charge in [-0.05, 0) is 36.2 Å². The lowest BCUT2D eigenvalue weighted by atomic mass is 10.0. The number of urea groups is 1. The van der Waals surface area contributed by atoms with Crippen LogP contribution < -0.4 is 16.4 Å². The van der Waals surface area contributed by atoms with Crippen molar-refractivity contribution in [3.05, 3.63) is 64.7 Å². The van der Waals surface area contributed by atoms with Gasteiger partial charge in [0.2, 0.25) is 0 Å². The number of anilines is 1. The Morgan fingerprint density at radius 3 is 2.41 bits per heavy atom. The summed E-state index contributed by atoms with van der Waals surface area (Å²) in [4.78, 5) is 35.2. The van der Waals surface area contributed by atoms with E-state index in [4.69, 9.17) is 22.1 Å². The molecule has 142 valence electrons. The largest absolute Gasteiger partial charge is 0.455 e.